The first-order valence-corrected chi connectivity index (χ1v) is 7.91. The van der Waals surface area contributed by atoms with Gasteiger partial charge in [0, 0.05) is 12.2 Å². The molecule has 2 rings (SSSR count). The molecular formula is C12H14N2O5S. The molecule has 0 spiro atoms. The highest BCUT2D eigenvalue weighted by atomic mass is 32.2. The van der Waals surface area contributed by atoms with Gasteiger partial charge >= 0.3 is 5.97 Å². The third-order valence-electron chi connectivity index (χ3n) is 3.05. The number of hydrogen-bond donors (Lipinski definition) is 2. The van der Waals surface area contributed by atoms with Crippen LogP contribution in [0.5, 0.6) is 0 Å². The number of rotatable bonds is 3. The van der Waals surface area contributed by atoms with E-state index in [2.05, 4.69) is 10.3 Å². The van der Waals surface area contributed by atoms with Crippen molar-refractivity contribution in [1.82, 2.24) is 10.3 Å². The number of carbonyl (C=O) groups excluding carboxylic acids is 1. The van der Waals surface area contributed by atoms with Crippen molar-refractivity contribution in [3.63, 3.8) is 0 Å². The van der Waals surface area contributed by atoms with Crippen LogP contribution in [0.3, 0.4) is 0 Å². The average molecular weight is 298 g/mol. The van der Waals surface area contributed by atoms with Crippen LogP contribution in [-0.4, -0.2) is 47.9 Å². The summed E-state index contributed by atoms with van der Waals surface area (Å²) in [5.41, 5.74) is -0.411. The van der Waals surface area contributed by atoms with Crippen LogP contribution < -0.4 is 5.32 Å². The number of nitrogens with zero attached hydrogens (tertiary/aromatic N) is 1. The zero-order valence-corrected chi connectivity index (χ0v) is 11.4. The molecule has 1 saturated heterocycles. The lowest BCUT2D eigenvalue weighted by molar-refractivity contribution is 0.0689. The second-order valence-electron chi connectivity index (χ2n) is 4.63. The van der Waals surface area contributed by atoms with E-state index in [4.69, 9.17) is 5.11 Å². The van der Waals surface area contributed by atoms with Gasteiger partial charge < -0.3 is 10.4 Å². The van der Waals surface area contributed by atoms with Gasteiger partial charge in [-0.15, -0.1) is 0 Å². The predicted octanol–water partition coefficient (Wildman–Crippen LogP) is 0.0868. The highest BCUT2D eigenvalue weighted by Crippen LogP contribution is 2.13. The van der Waals surface area contributed by atoms with Crippen molar-refractivity contribution in [1.29, 1.82) is 0 Å². The van der Waals surface area contributed by atoms with E-state index in [1.165, 1.54) is 18.3 Å². The SMILES string of the molecule is O=C(O)c1cccnc1C(=O)NC1CCCS(=O)(=O)C1. The Kier molecular flexibility index (Phi) is 4.03. The summed E-state index contributed by atoms with van der Waals surface area (Å²) >= 11 is 0. The topological polar surface area (TPSA) is 113 Å². The van der Waals surface area contributed by atoms with Gasteiger partial charge in [-0.3, -0.25) is 9.78 Å². The van der Waals surface area contributed by atoms with E-state index in [-0.39, 0.29) is 22.8 Å². The molecular weight excluding hydrogens is 284 g/mol. The van der Waals surface area contributed by atoms with Crippen LogP contribution in [0.2, 0.25) is 0 Å². The number of aromatic carboxylic acids is 1. The molecule has 1 aliphatic rings. The number of carboxylic acid groups (broad SMARTS) is 1. The van der Waals surface area contributed by atoms with Crippen LogP contribution >= 0.6 is 0 Å². The van der Waals surface area contributed by atoms with E-state index in [1.807, 2.05) is 0 Å². The smallest absolute Gasteiger partial charge is 0.338 e. The van der Waals surface area contributed by atoms with Crippen LogP contribution in [-0.2, 0) is 9.84 Å². The monoisotopic (exact) mass is 298 g/mol. The maximum absolute atomic E-state index is 12.0. The molecule has 1 amide bonds. The predicted molar refractivity (Wildman–Crippen MR) is 70.3 cm³/mol. The van der Waals surface area contributed by atoms with Crippen LogP contribution in [0.15, 0.2) is 18.3 Å². The molecule has 0 aromatic carbocycles. The minimum absolute atomic E-state index is 0.117. The molecule has 0 saturated carbocycles. The summed E-state index contributed by atoms with van der Waals surface area (Å²) in [6, 6.07) is 2.21. The van der Waals surface area contributed by atoms with E-state index < -0.39 is 27.8 Å². The Labute approximate surface area is 115 Å². The van der Waals surface area contributed by atoms with Crippen molar-refractivity contribution in [2.45, 2.75) is 18.9 Å². The molecule has 20 heavy (non-hydrogen) atoms. The first-order chi connectivity index (χ1) is 9.39. The van der Waals surface area contributed by atoms with Crippen molar-refractivity contribution in [2.24, 2.45) is 0 Å². The first kappa shape index (κ1) is 14.4. The molecule has 1 unspecified atom stereocenters. The minimum Gasteiger partial charge on any atom is -0.478 e. The first-order valence-electron chi connectivity index (χ1n) is 6.08. The lowest BCUT2D eigenvalue weighted by atomic mass is 10.1. The molecule has 8 heteroatoms. The number of hydrogen-bond acceptors (Lipinski definition) is 5. The number of amides is 1. The molecule has 1 aromatic rings. The number of aromatic nitrogens is 1. The summed E-state index contributed by atoms with van der Waals surface area (Å²) in [7, 11) is -3.14. The third kappa shape index (κ3) is 3.32. The van der Waals surface area contributed by atoms with E-state index >= 15 is 0 Å². The Morgan fingerprint density at radius 2 is 2.15 bits per heavy atom. The average Bonchev–Trinajstić information content (AvgIpc) is 2.37. The van der Waals surface area contributed by atoms with Gasteiger partial charge in [0.15, 0.2) is 9.84 Å². The van der Waals surface area contributed by atoms with Gasteiger partial charge in [0.05, 0.1) is 17.1 Å². The standard InChI is InChI=1S/C12H14N2O5S/c15-11(10-9(12(16)17)4-1-5-13-10)14-8-3-2-6-20(18,19)7-8/h1,4-5,8H,2-3,6-7H2,(H,14,15)(H,16,17). The van der Waals surface area contributed by atoms with Crippen LogP contribution in [0.4, 0.5) is 0 Å². The number of carbonyl (C=O) groups is 2. The summed E-state index contributed by atoms with van der Waals surface area (Å²) in [5.74, 6) is -1.90. The van der Waals surface area contributed by atoms with E-state index in [0.29, 0.717) is 12.8 Å². The molecule has 1 atom stereocenters. The normalized spacial score (nSPS) is 21.1. The zero-order chi connectivity index (χ0) is 14.8. The summed E-state index contributed by atoms with van der Waals surface area (Å²) in [4.78, 5) is 26.8. The minimum atomic E-state index is -3.14. The van der Waals surface area contributed by atoms with Crippen LogP contribution in [0.1, 0.15) is 33.7 Å². The molecule has 1 aliphatic heterocycles. The Morgan fingerprint density at radius 3 is 2.80 bits per heavy atom. The van der Waals surface area contributed by atoms with Crippen LogP contribution in [0, 0.1) is 0 Å². The summed E-state index contributed by atoms with van der Waals surface area (Å²) in [5, 5.41) is 11.5. The highest BCUT2D eigenvalue weighted by molar-refractivity contribution is 7.91. The number of sulfone groups is 1. The fourth-order valence-corrected chi connectivity index (χ4v) is 3.79. The lowest BCUT2D eigenvalue weighted by Gasteiger charge is -2.22. The van der Waals surface area contributed by atoms with Crippen LogP contribution in [0.25, 0.3) is 0 Å². The van der Waals surface area contributed by atoms with Crippen molar-refractivity contribution in [3.8, 4) is 0 Å². The summed E-state index contributed by atoms with van der Waals surface area (Å²) < 4.78 is 23.0. The molecule has 2 heterocycles. The van der Waals surface area contributed by atoms with E-state index in [0.717, 1.165) is 0 Å². The second-order valence-corrected chi connectivity index (χ2v) is 6.86. The third-order valence-corrected chi connectivity index (χ3v) is 4.87. The fraction of sp³-hybridized carbons (Fsp3) is 0.417. The van der Waals surface area contributed by atoms with Crippen molar-refractivity contribution < 1.29 is 23.1 Å². The molecule has 0 radical (unpaired) electrons. The molecule has 1 aromatic heterocycles. The molecule has 0 bridgehead atoms. The molecule has 7 nitrogen and oxygen atoms in total. The largest absolute Gasteiger partial charge is 0.478 e. The fourth-order valence-electron chi connectivity index (χ4n) is 2.15. The Morgan fingerprint density at radius 1 is 1.40 bits per heavy atom. The summed E-state index contributed by atoms with van der Waals surface area (Å²) in [6.07, 6.45) is 2.36. The van der Waals surface area contributed by atoms with Crippen molar-refractivity contribution >= 4 is 21.7 Å². The molecule has 1 fully saturated rings. The second kappa shape index (κ2) is 5.58. The Hall–Kier alpha value is -1.96. The maximum Gasteiger partial charge on any atom is 0.338 e. The van der Waals surface area contributed by atoms with Gasteiger partial charge in [-0.2, -0.15) is 0 Å². The number of pyridine rings is 1. The van der Waals surface area contributed by atoms with E-state index in [1.54, 1.807) is 0 Å². The van der Waals surface area contributed by atoms with E-state index in [9.17, 15) is 18.0 Å². The lowest BCUT2D eigenvalue weighted by Crippen LogP contribution is -2.43. The molecule has 2 N–H and O–H groups in total. The van der Waals surface area contributed by atoms with Gasteiger partial charge in [-0.25, -0.2) is 13.2 Å². The van der Waals surface area contributed by atoms with Gasteiger partial charge in [-0.05, 0) is 25.0 Å². The maximum atomic E-state index is 12.0. The Bertz CT molecular complexity index is 641. The van der Waals surface area contributed by atoms with Gasteiger partial charge in [0.1, 0.15) is 5.69 Å². The van der Waals surface area contributed by atoms with Gasteiger partial charge in [0.25, 0.3) is 5.91 Å². The Balaban J connectivity index is 2.15. The highest BCUT2D eigenvalue weighted by Gasteiger charge is 2.27. The molecule has 108 valence electrons. The van der Waals surface area contributed by atoms with Crippen molar-refractivity contribution in [2.75, 3.05) is 11.5 Å². The quantitative estimate of drug-likeness (QED) is 0.817. The van der Waals surface area contributed by atoms with Crippen molar-refractivity contribution in [3.05, 3.63) is 29.6 Å². The zero-order valence-electron chi connectivity index (χ0n) is 10.6. The van der Waals surface area contributed by atoms with Gasteiger partial charge in [0.2, 0.25) is 0 Å². The number of nitrogens with one attached hydrogen (secondary N) is 1. The number of carboxylic acids is 1. The molecule has 0 aliphatic carbocycles. The summed E-state index contributed by atoms with van der Waals surface area (Å²) in [6.45, 7) is 0. The van der Waals surface area contributed by atoms with Gasteiger partial charge in [-0.1, -0.05) is 0 Å².